The summed E-state index contributed by atoms with van der Waals surface area (Å²) in [6, 6.07) is 17.4. The van der Waals surface area contributed by atoms with Gasteiger partial charge in [0.05, 0.1) is 22.0 Å². The van der Waals surface area contributed by atoms with Gasteiger partial charge in [-0.3, -0.25) is 9.48 Å². The minimum atomic E-state index is -3.78. The number of aryl methyl sites for hydroxylation is 1. The summed E-state index contributed by atoms with van der Waals surface area (Å²) in [5, 5.41) is 20.5. The van der Waals surface area contributed by atoms with Gasteiger partial charge in [-0.15, -0.1) is 10.2 Å². The third-order valence-electron chi connectivity index (χ3n) is 4.50. The fourth-order valence-electron chi connectivity index (χ4n) is 3.05. The number of carbonyl (C=O) groups excluding carboxylic acids is 1. The lowest BCUT2D eigenvalue weighted by molar-refractivity contribution is -0.113. The fourth-order valence-corrected chi connectivity index (χ4v) is 4.14. The van der Waals surface area contributed by atoms with Crippen molar-refractivity contribution in [1.82, 2.24) is 20.0 Å². The fraction of sp³-hybridized carbons (Fsp3) is 0.143. The molecule has 3 N–H and O–H groups in total. The third kappa shape index (κ3) is 5.86. The molecule has 2 heterocycles. The molecule has 0 fully saturated rings. The van der Waals surface area contributed by atoms with Crippen LogP contribution in [0.4, 0.5) is 5.69 Å². The van der Waals surface area contributed by atoms with E-state index in [0.29, 0.717) is 18.1 Å². The zero-order chi connectivity index (χ0) is 23.4. The molecule has 0 aliphatic rings. The third-order valence-corrected chi connectivity index (χ3v) is 6.25. The molecule has 0 spiro atoms. The Bertz CT molecular complexity index is 1370. The highest BCUT2D eigenvalue weighted by molar-refractivity contribution is 7.99. The number of aromatic nitrogens is 4. The highest BCUT2D eigenvalue weighted by Crippen LogP contribution is 2.22. The van der Waals surface area contributed by atoms with Crippen LogP contribution in [0.15, 0.2) is 75.2 Å². The van der Waals surface area contributed by atoms with E-state index < -0.39 is 10.0 Å². The Balaban J connectivity index is 1.35. The maximum Gasteiger partial charge on any atom is 0.277 e. The number of rotatable bonds is 8. The molecular weight excluding hydrogens is 464 g/mol. The van der Waals surface area contributed by atoms with E-state index in [9.17, 15) is 13.2 Å². The van der Waals surface area contributed by atoms with E-state index in [1.807, 2.05) is 43.3 Å². The van der Waals surface area contributed by atoms with Crippen LogP contribution in [0.2, 0.25) is 0 Å². The van der Waals surface area contributed by atoms with Gasteiger partial charge in [-0.05, 0) is 42.8 Å². The van der Waals surface area contributed by atoms with Gasteiger partial charge < -0.3 is 9.73 Å². The number of hydrogen-bond acceptors (Lipinski definition) is 8. The van der Waals surface area contributed by atoms with E-state index >= 15 is 0 Å². The first-order chi connectivity index (χ1) is 15.8. The van der Waals surface area contributed by atoms with E-state index in [1.54, 1.807) is 4.68 Å². The topological polar surface area (TPSA) is 146 Å². The quantitative estimate of drug-likeness (QED) is 0.363. The molecule has 0 aliphatic carbocycles. The number of nitrogens with zero attached hydrogens (tertiary/aromatic N) is 4. The predicted molar refractivity (Wildman–Crippen MR) is 123 cm³/mol. The molecule has 0 saturated heterocycles. The minimum absolute atomic E-state index is 0.0314. The van der Waals surface area contributed by atoms with Gasteiger partial charge in [-0.1, -0.05) is 42.1 Å². The molecule has 2 aromatic heterocycles. The SMILES string of the molecule is Cc1cc(-c2ccccc2)n(Cc2nnc(SCC(=O)Nc3ccc(S(N)(=O)=O)cc3)o2)n1. The molecule has 33 heavy (non-hydrogen) atoms. The Morgan fingerprint density at radius 1 is 1.12 bits per heavy atom. The standard InChI is InChI=1S/C21H20N6O4S2/c1-14-11-18(15-5-3-2-4-6-15)27(26-14)12-20-24-25-21(31-20)32-13-19(28)23-16-7-9-17(10-8-16)33(22,29)30/h2-11H,12-13H2,1H3,(H,23,28)(H2,22,29,30). The number of nitrogens with two attached hydrogens (primary N) is 1. The van der Waals surface area contributed by atoms with Crippen molar-refractivity contribution < 1.29 is 17.6 Å². The highest BCUT2D eigenvalue weighted by Gasteiger charge is 2.14. The van der Waals surface area contributed by atoms with E-state index in [2.05, 4.69) is 20.6 Å². The molecule has 12 heteroatoms. The van der Waals surface area contributed by atoms with Crippen molar-refractivity contribution in [3.8, 4) is 11.3 Å². The second-order valence-corrected chi connectivity index (χ2v) is 9.55. The Morgan fingerprint density at radius 2 is 1.85 bits per heavy atom. The molecule has 1 amide bonds. The Morgan fingerprint density at radius 3 is 2.55 bits per heavy atom. The van der Waals surface area contributed by atoms with Crippen LogP contribution in [0.1, 0.15) is 11.6 Å². The Hall–Kier alpha value is -3.48. The molecule has 4 rings (SSSR count). The molecule has 0 unspecified atom stereocenters. The minimum Gasteiger partial charge on any atom is -0.414 e. The zero-order valence-corrected chi connectivity index (χ0v) is 19.1. The second-order valence-electron chi connectivity index (χ2n) is 7.06. The van der Waals surface area contributed by atoms with Crippen molar-refractivity contribution >= 4 is 33.4 Å². The van der Waals surface area contributed by atoms with Gasteiger partial charge in [0.1, 0.15) is 6.54 Å². The van der Waals surface area contributed by atoms with Gasteiger partial charge in [0.15, 0.2) is 0 Å². The van der Waals surface area contributed by atoms with Crippen molar-refractivity contribution in [3.63, 3.8) is 0 Å². The van der Waals surface area contributed by atoms with Gasteiger partial charge in [0.2, 0.25) is 21.8 Å². The van der Waals surface area contributed by atoms with Crippen molar-refractivity contribution in [3.05, 3.63) is 72.2 Å². The summed E-state index contributed by atoms with van der Waals surface area (Å²) in [4.78, 5) is 12.2. The molecule has 0 saturated carbocycles. The first-order valence-electron chi connectivity index (χ1n) is 9.76. The molecule has 170 valence electrons. The van der Waals surface area contributed by atoms with Crippen LogP contribution in [0, 0.1) is 6.92 Å². The number of thioether (sulfide) groups is 1. The predicted octanol–water partition coefficient (Wildman–Crippen LogP) is 2.67. The number of primary sulfonamides is 1. The van der Waals surface area contributed by atoms with E-state index in [0.717, 1.165) is 28.7 Å². The van der Waals surface area contributed by atoms with Gasteiger partial charge in [0.25, 0.3) is 5.22 Å². The summed E-state index contributed by atoms with van der Waals surface area (Å²) in [7, 11) is -3.78. The maximum atomic E-state index is 12.2. The van der Waals surface area contributed by atoms with Gasteiger partial charge >= 0.3 is 0 Å². The van der Waals surface area contributed by atoms with Crippen molar-refractivity contribution in [2.75, 3.05) is 11.1 Å². The maximum absolute atomic E-state index is 12.2. The second kappa shape index (κ2) is 9.57. The lowest BCUT2D eigenvalue weighted by Crippen LogP contribution is -2.15. The average molecular weight is 485 g/mol. The zero-order valence-electron chi connectivity index (χ0n) is 17.5. The van der Waals surface area contributed by atoms with Crippen molar-refractivity contribution in [2.45, 2.75) is 23.6 Å². The van der Waals surface area contributed by atoms with Crippen LogP contribution in [-0.4, -0.2) is 40.1 Å². The lowest BCUT2D eigenvalue weighted by Gasteiger charge is -2.05. The molecular formula is C21H20N6O4S2. The number of hydrogen-bond donors (Lipinski definition) is 2. The van der Waals surface area contributed by atoms with Crippen molar-refractivity contribution in [1.29, 1.82) is 0 Å². The van der Waals surface area contributed by atoms with Crippen LogP contribution < -0.4 is 10.5 Å². The van der Waals surface area contributed by atoms with Crippen LogP contribution in [-0.2, 0) is 21.4 Å². The van der Waals surface area contributed by atoms with Crippen LogP contribution >= 0.6 is 11.8 Å². The molecule has 0 aliphatic heterocycles. The van der Waals surface area contributed by atoms with Gasteiger partial charge in [-0.2, -0.15) is 5.10 Å². The lowest BCUT2D eigenvalue weighted by atomic mass is 10.1. The van der Waals surface area contributed by atoms with Crippen molar-refractivity contribution in [2.24, 2.45) is 5.14 Å². The van der Waals surface area contributed by atoms with Crippen LogP contribution in [0.25, 0.3) is 11.3 Å². The first-order valence-corrected chi connectivity index (χ1v) is 12.3. The smallest absolute Gasteiger partial charge is 0.277 e. The van der Waals surface area contributed by atoms with Crippen LogP contribution in [0.5, 0.6) is 0 Å². The van der Waals surface area contributed by atoms with E-state index in [-0.39, 0.29) is 21.8 Å². The number of amides is 1. The number of sulfonamides is 1. The normalized spacial score (nSPS) is 11.5. The average Bonchev–Trinajstić information content (AvgIpc) is 3.39. The molecule has 10 nitrogen and oxygen atoms in total. The monoisotopic (exact) mass is 484 g/mol. The number of nitrogens with one attached hydrogen (secondary N) is 1. The molecule has 2 aromatic carbocycles. The number of carbonyl (C=O) groups is 1. The summed E-state index contributed by atoms with van der Waals surface area (Å²) in [6.45, 7) is 2.22. The van der Waals surface area contributed by atoms with E-state index in [4.69, 9.17) is 9.56 Å². The van der Waals surface area contributed by atoms with Crippen LogP contribution in [0.3, 0.4) is 0 Å². The van der Waals surface area contributed by atoms with E-state index in [1.165, 1.54) is 24.3 Å². The summed E-state index contributed by atoms with van der Waals surface area (Å²) in [5.74, 6) is 0.100. The Kier molecular flexibility index (Phi) is 6.58. The summed E-state index contributed by atoms with van der Waals surface area (Å²) >= 11 is 1.09. The molecule has 0 atom stereocenters. The van der Waals surface area contributed by atoms with Gasteiger partial charge in [-0.25, -0.2) is 13.6 Å². The summed E-state index contributed by atoms with van der Waals surface area (Å²) < 4.78 is 30.0. The summed E-state index contributed by atoms with van der Waals surface area (Å²) in [6.07, 6.45) is 0. The van der Waals surface area contributed by atoms with Gasteiger partial charge in [0, 0.05) is 5.69 Å². The largest absolute Gasteiger partial charge is 0.414 e. The molecule has 0 bridgehead atoms. The first kappa shape index (κ1) is 22.7. The molecule has 4 aromatic rings. The Labute approximate surface area is 194 Å². The summed E-state index contributed by atoms with van der Waals surface area (Å²) in [5.41, 5.74) is 3.28. The number of anilines is 1. The number of benzene rings is 2. The highest BCUT2D eigenvalue weighted by atomic mass is 32.2. The molecule has 0 radical (unpaired) electrons.